The molecule has 0 aromatic carbocycles. The van der Waals surface area contributed by atoms with Gasteiger partial charge in [-0.3, -0.25) is 4.98 Å². The van der Waals surface area contributed by atoms with Crippen LogP contribution in [0.2, 0.25) is 0 Å². The minimum atomic E-state index is -0.435. The van der Waals surface area contributed by atoms with E-state index in [4.69, 9.17) is 18.8 Å². The molecule has 5 nitrogen and oxygen atoms in total. The highest BCUT2D eigenvalue weighted by Crippen LogP contribution is 2.36. The highest BCUT2D eigenvalue weighted by molar-refractivity contribution is 6.61. The number of aromatic nitrogens is 1. The fourth-order valence-electron chi connectivity index (χ4n) is 2.71. The first kappa shape index (κ1) is 16.7. The number of hydrogen-bond donors (Lipinski definition) is 0. The van der Waals surface area contributed by atoms with Crippen LogP contribution in [0.15, 0.2) is 18.3 Å². The summed E-state index contributed by atoms with van der Waals surface area (Å²) in [6.45, 7) is 9.57. The molecule has 23 heavy (non-hydrogen) atoms. The maximum Gasteiger partial charge on any atom is 0.514 e. The first-order valence-corrected chi connectivity index (χ1v) is 8.43. The van der Waals surface area contributed by atoms with Crippen LogP contribution in [0, 0.1) is 0 Å². The molecule has 0 bridgehead atoms. The standard InChI is InChI=1S/C17H26BNO4/c1-16(2)17(3,4)23-18(22-16)15-9-8-13(11-19-15)21-12-14-7-5-6-10-20-14/h8-9,11,14H,5-7,10,12H2,1-4H3. The molecule has 1 aromatic rings. The lowest BCUT2D eigenvalue weighted by molar-refractivity contribution is -0.0111. The van der Waals surface area contributed by atoms with Gasteiger partial charge in [-0.05, 0) is 59.1 Å². The summed E-state index contributed by atoms with van der Waals surface area (Å²) < 4.78 is 23.4. The SMILES string of the molecule is CC1(C)OB(c2ccc(OCC3CCCCO3)cn2)OC1(C)C. The van der Waals surface area contributed by atoms with Crippen molar-refractivity contribution in [1.29, 1.82) is 0 Å². The van der Waals surface area contributed by atoms with E-state index in [9.17, 15) is 0 Å². The molecule has 0 saturated carbocycles. The van der Waals surface area contributed by atoms with E-state index in [1.807, 2.05) is 39.8 Å². The molecule has 6 heteroatoms. The Hall–Kier alpha value is -1.11. The second-order valence-corrected chi connectivity index (χ2v) is 7.31. The zero-order valence-electron chi connectivity index (χ0n) is 14.5. The van der Waals surface area contributed by atoms with Gasteiger partial charge in [0.05, 0.1) is 29.1 Å². The zero-order chi connectivity index (χ0) is 16.5. The van der Waals surface area contributed by atoms with Crippen molar-refractivity contribution in [1.82, 2.24) is 4.98 Å². The average Bonchev–Trinajstić information content (AvgIpc) is 2.75. The number of ether oxygens (including phenoxy) is 2. The van der Waals surface area contributed by atoms with Crippen molar-refractivity contribution in [3.05, 3.63) is 18.3 Å². The maximum absolute atomic E-state index is 6.00. The molecule has 2 aliphatic heterocycles. The van der Waals surface area contributed by atoms with E-state index in [1.165, 1.54) is 6.42 Å². The first-order chi connectivity index (χ1) is 10.9. The number of rotatable bonds is 4. The van der Waals surface area contributed by atoms with E-state index in [-0.39, 0.29) is 17.3 Å². The third-order valence-electron chi connectivity index (χ3n) is 4.96. The van der Waals surface area contributed by atoms with Crippen LogP contribution >= 0.6 is 0 Å². The minimum Gasteiger partial charge on any atom is -0.489 e. The summed E-state index contributed by atoms with van der Waals surface area (Å²) in [7, 11) is -0.435. The van der Waals surface area contributed by atoms with Gasteiger partial charge in [-0.1, -0.05) is 0 Å². The predicted molar refractivity (Wildman–Crippen MR) is 89.0 cm³/mol. The normalized spacial score (nSPS) is 26.3. The largest absolute Gasteiger partial charge is 0.514 e. The number of pyridine rings is 1. The topological polar surface area (TPSA) is 49.8 Å². The van der Waals surface area contributed by atoms with Crippen LogP contribution in [0.25, 0.3) is 0 Å². The van der Waals surface area contributed by atoms with Crippen molar-refractivity contribution in [2.45, 2.75) is 64.3 Å². The van der Waals surface area contributed by atoms with Crippen LogP contribution in [0.3, 0.4) is 0 Å². The van der Waals surface area contributed by atoms with Crippen LogP contribution in [-0.4, -0.2) is 42.6 Å². The van der Waals surface area contributed by atoms with Crippen molar-refractivity contribution in [2.75, 3.05) is 13.2 Å². The Morgan fingerprint density at radius 1 is 1.17 bits per heavy atom. The third kappa shape index (κ3) is 3.70. The number of nitrogens with zero attached hydrogens (tertiary/aromatic N) is 1. The second-order valence-electron chi connectivity index (χ2n) is 7.31. The van der Waals surface area contributed by atoms with Crippen molar-refractivity contribution < 1.29 is 18.8 Å². The van der Waals surface area contributed by atoms with Gasteiger partial charge < -0.3 is 18.8 Å². The Balaban J connectivity index is 1.57. The summed E-state index contributed by atoms with van der Waals surface area (Å²) in [4.78, 5) is 4.44. The summed E-state index contributed by atoms with van der Waals surface area (Å²) in [6, 6.07) is 3.81. The molecule has 1 unspecified atom stereocenters. The molecular formula is C17H26BNO4. The van der Waals surface area contributed by atoms with Crippen molar-refractivity contribution in [3.63, 3.8) is 0 Å². The van der Waals surface area contributed by atoms with Gasteiger partial charge in [-0.25, -0.2) is 0 Å². The molecular weight excluding hydrogens is 293 g/mol. The Kier molecular flexibility index (Phi) is 4.67. The second kappa shape index (κ2) is 6.42. The van der Waals surface area contributed by atoms with Crippen LogP contribution < -0.4 is 10.3 Å². The van der Waals surface area contributed by atoms with Gasteiger partial charge in [-0.15, -0.1) is 0 Å². The van der Waals surface area contributed by atoms with Crippen LogP contribution in [-0.2, 0) is 14.0 Å². The quantitative estimate of drug-likeness (QED) is 0.797. The van der Waals surface area contributed by atoms with Gasteiger partial charge in [0.15, 0.2) is 0 Å². The maximum atomic E-state index is 6.00. The van der Waals surface area contributed by atoms with Crippen LogP contribution in [0.5, 0.6) is 5.75 Å². The average molecular weight is 319 g/mol. The van der Waals surface area contributed by atoms with Crippen LogP contribution in [0.4, 0.5) is 0 Å². The molecule has 0 amide bonds. The molecule has 3 rings (SSSR count). The van der Waals surface area contributed by atoms with E-state index in [0.29, 0.717) is 6.61 Å². The lowest BCUT2D eigenvalue weighted by Gasteiger charge is -2.32. The summed E-state index contributed by atoms with van der Waals surface area (Å²) in [5.74, 6) is 0.749. The van der Waals surface area contributed by atoms with Crippen molar-refractivity contribution >= 4 is 12.7 Å². The summed E-state index contributed by atoms with van der Waals surface area (Å²) in [5.41, 5.74) is 0.0598. The highest BCUT2D eigenvalue weighted by Gasteiger charge is 2.52. The molecule has 2 fully saturated rings. The highest BCUT2D eigenvalue weighted by atomic mass is 16.7. The molecule has 1 aromatic heterocycles. The van der Waals surface area contributed by atoms with E-state index in [0.717, 1.165) is 30.8 Å². The Morgan fingerprint density at radius 3 is 2.48 bits per heavy atom. The fourth-order valence-corrected chi connectivity index (χ4v) is 2.71. The van der Waals surface area contributed by atoms with E-state index in [2.05, 4.69) is 4.98 Å². The number of hydrogen-bond acceptors (Lipinski definition) is 5. The summed E-state index contributed by atoms with van der Waals surface area (Å²) >= 11 is 0. The molecule has 0 spiro atoms. The predicted octanol–water partition coefficient (Wildman–Crippen LogP) is 2.33. The lowest BCUT2D eigenvalue weighted by Crippen LogP contribution is -2.41. The smallest absolute Gasteiger partial charge is 0.489 e. The first-order valence-electron chi connectivity index (χ1n) is 8.43. The van der Waals surface area contributed by atoms with E-state index in [1.54, 1.807) is 6.20 Å². The zero-order valence-corrected chi connectivity index (χ0v) is 14.5. The van der Waals surface area contributed by atoms with Gasteiger partial charge in [0.1, 0.15) is 12.4 Å². The Bertz CT molecular complexity index is 510. The van der Waals surface area contributed by atoms with E-state index < -0.39 is 7.12 Å². The van der Waals surface area contributed by atoms with Gasteiger partial charge in [0.2, 0.25) is 0 Å². The third-order valence-corrected chi connectivity index (χ3v) is 4.96. The van der Waals surface area contributed by atoms with Gasteiger partial charge >= 0.3 is 7.12 Å². The molecule has 3 heterocycles. The Labute approximate surface area is 138 Å². The van der Waals surface area contributed by atoms with Gasteiger partial charge in [0.25, 0.3) is 0 Å². The molecule has 126 valence electrons. The molecule has 2 aliphatic rings. The molecule has 0 radical (unpaired) electrons. The molecule has 0 N–H and O–H groups in total. The molecule has 1 atom stereocenters. The monoisotopic (exact) mass is 319 g/mol. The van der Waals surface area contributed by atoms with Crippen LogP contribution in [0.1, 0.15) is 47.0 Å². The summed E-state index contributed by atoms with van der Waals surface area (Å²) in [5, 5.41) is 0. The molecule has 0 aliphatic carbocycles. The van der Waals surface area contributed by atoms with E-state index >= 15 is 0 Å². The summed E-state index contributed by atoms with van der Waals surface area (Å²) in [6.07, 6.45) is 5.36. The minimum absolute atomic E-state index is 0.200. The molecule has 2 saturated heterocycles. The Morgan fingerprint density at radius 2 is 1.91 bits per heavy atom. The van der Waals surface area contributed by atoms with Crippen molar-refractivity contribution in [3.8, 4) is 5.75 Å². The fraction of sp³-hybridized carbons (Fsp3) is 0.706. The van der Waals surface area contributed by atoms with Gasteiger partial charge in [-0.2, -0.15) is 0 Å². The lowest BCUT2D eigenvalue weighted by atomic mass is 9.84. The van der Waals surface area contributed by atoms with Crippen molar-refractivity contribution in [2.24, 2.45) is 0 Å². The van der Waals surface area contributed by atoms with Gasteiger partial charge in [0, 0.05) is 6.61 Å².